The number of azo groups is 1. The molecule has 0 aliphatic heterocycles. The van der Waals surface area contributed by atoms with Crippen LogP contribution >= 0.6 is 11.3 Å². The topological polar surface area (TPSA) is 173 Å². The second-order valence-corrected chi connectivity index (χ2v) is 6.97. The number of aromatic nitrogens is 6. The van der Waals surface area contributed by atoms with Crippen molar-refractivity contribution in [1.82, 2.24) is 30.3 Å². The fraction of sp³-hybridized carbons (Fsp3) is 0. The maximum Gasteiger partial charge on any atom is 0.318 e. The number of nitrogens with zero attached hydrogens (tertiary/aromatic N) is 7. The second-order valence-electron chi connectivity index (χ2n) is 6.02. The lowest BCUT2D eigenvalue weighted by Crippen LogP contribution is -2.04. The summed E-state index contributed by atoms with van der Waals surface area (Å²) in [6.07, 6.45) is 0. The third-order valence-electron chi connectivity index (χ3n) is 4.22. The predicted molar refractivity (Wildman–Crippen MR) is 106 cm³/mol. The predicted octanol–water partition coefficient (Wildman–Crippen LogP) is 3.07. The van der Waals surface area contributed by atoms with E-state index in [9.17, 15) is 9.90 Å². The van der Waals surface area contributed by atoms with Crippen molar-refractivity contribution < 1.29 is 14.5 Å². The third kappa shape index (κ3) is 2.80. The number of fused-ring (bicyclic) bond motifs is 1. The van der Waals surface area contributed by atoms with Gasteiger partial charge in [-0.15, -0.1) is 26.7 Å². The van der Waals surface area contributed by atoms with E-state index in [0.717, 1.165) is 0 Å². The van der Waals surface area contributed by atoms with Crippen molar-refractivity contribution in [3.05, 3.63) is 47.5 Å². The van der Waals surface area contributed by atoms with Crippen LogP contribution in [0.5, 0.6) is 5.88 Å². The van der Waals surface area contributed by atoms with Gasteiger partial charge in [-0.05, 0) is 27.8 Å². The molecule has 0 saturated heterocycles. The van der Waals surface area contributed by atoms with Gasteiger partial charge in [0.1, 0.15) is 5.69 Å². The summed E-state index contributed by atoms with van der Waals surface area (Å²) in [5.74, 6) is -0.876. The fourth-order valence-corrected chi connectivity index (χ4v) is 3.66. The molecule has 13 heteroatoms. The van der Waals surface area contributed by atoms with Crippen molar-refractivity contribution in [1.29, 1.82) is 0 Å². The summed E-state index contributed by atoms with van der Waals surface area (Å²) in [6.45, 7) is 0. The minimum absolute atomic E-state index is 0.0120. The van der Waals surface area contributed by atoms with Crippen LogP contribution in [0.4, 0.5) is 11.5 Å². The van der Waals surface area contributed by atoms with Gasteiger partial charge < -0.3 is 15.8 Å². The Bertz CT molecular complexity index is 1400. The maximum absolute atomic E-state index is 12.8. The second kappa shape index (κ2) is 6.89. The van der Waals surface area contributed by atoms with Gasteiger partial charge in [-0.25, -0.2) is 4.63 Å². The highest BCUT2D eigenvalue weighted by Gasteiger charge is 2.26. The number of carbonyl (C=O) groups is 1. The van der Waals surface area contributed by atoms with E-state index < -0.39 is 5.91 Å². The number of carbonyl (C=O) groups excluding carboxylic acids is 1. The van der Waals surface area contributed by atoms with Crippen LogP contribution in [0.2, 0.25) is 0 Å². The van der Waals surface area contributed by atoms with Gasteiger partial charge in [0.15, 0.2) is 11.4 Å². The first-order valence-corrected chi connectivity index (χ1v) is 9.35. The van der Waals surface area contributed by atoms with Crippen molar-refractivity contribution >= 4 is 39.7 Å². The highest BCUT2D eigenvalue weighted by atomic mass is 32.1. The summed E-state index contributed by atoms with van der Waals surface area (Å²) in [4.78, 5) is 16.3. The Balaban J connectivity index is 1.58. The molecule has 0 aliphatic carbocycles. The van der Waals surface area contributed by atoms with Gasteiger partial charge in [-0.1, -0.05) is 29.5 Å². The monoisotopic (exact) mass is 421 g/mol. The molecule has 0 saturated carbocycles. The van der Waals surface area contributed by atoms with Crippen LogP contribution in [0.1, 0.15) is 10.5 Å². The zero-order valence-electron chi connectivity index (χ0n) is 14.9. The van der Waals surface area contributed by atoms with Crippen LogP contribution < -0.4 is 5.73 Å². The van der Waals surface area contributed by atoms with E-state index in [1.807, 2.05) is 11.4 Å². The molecule has 30 heavy (non-hydrogen) atoms. The van der Waals surface area contributed by atoms with Crippen LogP contribution in [-0.4, -0.2) is 41.3 Å². The quantitative estimate of drug-likeness (QED) is 0.371. The standard InChI is InChI=1S/C17H11N9O3S/c18-14-15(24-29-23-14)26-13(10-6-3-7-30-10)12(21-25-26)17(28)22-20-11-8-4-1-2-5-9(8)19-16(11)27/h1-7,19,27H,(H2,18,23). The zero-order valence-corrected chi connectivity index (χ0v) is 15.7. The molecule has 0 unspecified atom stereocenters. The summed E-state index contributed by atoms with van der Waals surface area (Å²) in [6, 6.07) is 10.7. The van der Waals surface area contributed by atoms with Gasteiger partial charge in [-0.2, -0.15) is 4.68 Å². The average Bonchev–Trinajstić information content (AvgIpc) is 3.51. The zero-order chi connectivity index (χ0) is 20.7. The van der Waals surface area contributed by atoms with E-state index in [1.54, 1.807) is 30.3 Å². The third-order valence-corrected chi connectivity index (χ3v) is 5.10. The minimum atomic E-state index is -0.760. The number of anilines is 1. The molecule has 4 heterocycles. The van der Waals surface area contributed by atoms with Crippen LogP contribution in [0.15, 0.2) is 56.6 Å². The molecule has 5 rings (SSSR count). The molecular weight excluding hydrogens is 410 g/mol. The summed E-state index contributed by atoms with van der Waals surface area (Å²) in [5, 5.41) is 35.3. The number of para-hydroxylation sites is 1. The highest BCUT2D eigenvalue weighted by molar-refractivity contribution is 7.13. The summed E-state index contributed by atoms with van der Waals surface area (Å²) < 4.78 is 5.88. The lowest BCUT2D eigenvalue weighted by atomic mass is 10.2. The minimum Gasteiger partial charge on any atom is -0.493 e. The molecule has 4 N–H and O–H groups in total. The molecule has 0 fully saturated rings. The number of thiophene rings is 1. The SMILES string of the molecule is Nc1nonc1-n1nnc(C(=O)N=Nc2c(O)[nH]c3ccccc23)c1-c1cccs1. The number of nitrogens with two attached hydrogens (primary N) is 1. The molecule has 5 aromatic rings. The van der Waals surface area contributed by atoms with Crippen molar-refractivity contribution in [3.8, 4) is 22.3 Å². The number of amides is 1. The Labute approximate surface area is 170 Å². The summed E-state index contributed by atoms with van der Waals surface area (Å²) in [7, 11) is 0. The number of nitrogen functional groups attached to an aromatic ring is 1. The molecule has 4 aromatic heterocycles. The van der Waals surface area contributed by atoms with Crippen LogP contribution in [-0.2, 0) is 0 Å². The number of aromatic hydroxyl groups is 1. The maximum atomic E-state index is 12.8. The average molecular weight is 421 g/mol. The lowest BCUT2D eigenvalue weighted by Gasteiger charge is -2.01. The van der Waals surface area contributed by atoms with Crippen LogP contribution in [0, 0.1) is 0 Å². The Kier molecular flexibility index (Phi) is 4.07. The fourth-order valence-electron chi connectivity index (χ4n) is 2.90. The first kappa shape index (κ1) is 17.7. The van der Waals surface area contributed by atoms with E-state index >= 15 is 0 Å². The van der Waals surface area contributed by atoms with Crippen molar-refractivity contribution in [2.45, 2.75) is 0 Å². The highest BCUT2D eigenvalue weighted by Crippen LogP contribution is 2.36. The summed E-state index contributed by atoms with van der Waals surface area (Å²) >= 11 is 1.36. The number of rotatable bonds is 4. The number of nitrogens with one attached hydrogen (secondary N) is 1. The first-order valence-electron chi connectivity index (χ1n) is 8.47. The van der Waals surface area contributed by atoms with E-state index in [1.165, 1.54) is 16.0 Å². The first-order chi connectivity index (χ1) is 14.6. The Morgan fingerprint density at radius 2 is 2.10 bits per heavy atom. The van der Waals surface area contributed by atoms with Gasteiger partial charge >= 0.3 is 5.91 Å². The van der Waals surface area contributed by atoms with Crippen LogP contribution in [0.3, 0.4) is 0 Å². The van der Waals surface area contributed by atoms with E-state index in [0.29, 0.717) is 21.5 Å². The lowest BCUT2D eigenvalue weighted by molar-refractivity contribution is 0.0991. The molecule has 1 aromatic carbocycles. The van der Waals surface area contributed by atoms with E-state index in [2.05, 4.69) is 40.5 Å². The number of H-pyrrole nitrogens is 1. The molecule has 148 valence electrons. The van der Waals surface area contributed by atoms with E-state index in [4.69, 9.17) is 5.73 Å². The normalized spacial score (nSPS) is 11.6. The number of benzene rings is 1. The van der Waals surface area contributed by atoms with Gasteiger partial charge in [0.05, 0.1) is 10.4 Å². The number of hydrogen-bond acceptors (Lipinski definition) is 10. The summed E-state index contributed by atoms with van der Waals surface area (Å²) in [5.41, 5.74) is 6.82. The molecule has 1 amide bonds. The largest absolute Gasteiger partial charge is 0.493 e. The van der Waals surface area contributed by atoms with Gasteiger partial charge in [0.2, 0.25) is 17.5 Å². The molecule has 0 radical (unpaired) electrons. The molecule has 12 nitrogen and oxygen atoms in total. The van der Waals surface area contributed by atoms with Crippen molar-refractivity contribution in [2.75, 3.05) is 5.73 Å². The Morgan fingerprint density at radius 3 is 2.87 bits per heavy atom. The number of aromatic amines is 1. The van der Waals surface area contributed by atoms with Crippen molar-refractivity contribution in [3.63, 3.8) is 0 Å². The van der Waals surface area contributed by atoms with Gasteiger partial charge in [-0.3, -0.25) is 4.79 Å². The van der Waals surface area contributed by atoms with Crippen molar-refractivity contribution in [2.24, 2.45) is 10.2 Å². The van der Waals surface area contributed by atoms with Gasteiger partial charge in [0, 0.05) is 5.39 Å². The molecule has 0 bridgehead atoms. The van der Waals surface area contributed by atoms with Gasteiger partial charge in [0.25, 0.3) is 0 Å². The molecular formula is C17H11N9O3S. The molecule has 0 spiro atoms. The number of hydrogen-bond donors (Lipinski definition) is 3. The Hall–Kier alpha value is -4.39. The Morgan fingerprint density at radius 1 is 1.23 bits per heavy atom. The molecule has 0 atom stereocenters. The van der Waals surface area contributed by atoms with E-state index in [-0.39, 0.29) is 28.9 Å². The van der Waals surface area contributed by atoms with Crippen LogP contribution in [0.25, 0.3) is 27.3 Å². The smallest absolute Gasteiger partial charge is 0.318 e. The molecule has 0 aliphatic rings.